The molecule has 0 unspecified atom stereocenters. The van der Waals surface area contributed by atoms with Gasteiger partial charge in [-0.1, -0.05) is 0 Å². The van der Waals surface area contributed by atoms with Crippen molar-refractivity contribution in [2.24, 2.45) is 0 Å². The highest BCUT2D eigenvalue weighted by Crippen LogP contribution is 2.22. The van der Waals surface area contributed by atoms with Gasteiger partial charge in [-0.25, -0.2) is 9.97 Å². The Hall–Kier alpha value is -2.57. The van der Waals surface area contributed by atoms with Crippen LogP contribution in [-0.4, -0.2) is 27.8 Å². The summed E-state index contributed by atoms with van der Waals surface area (Å²) in [7, 11) is 1.48. The lowest BCUT2D eigenvalue weighted by Gasteiger charge is -2.05. The van der Waals surface area contributed by atoms with E-state index in [0.29, 0.717) is 16.7 Å². The summed E-state index contributed by atoms with van der Waals surface area (Å²) in [4.78, 5) is 30.1. The van der Waals surface area contributed by atoms with E-state index in [2.05, 4.69) is 15.3 Å². The third-order valence-electron chi connectivity index (χ3n) is 2.44. The van der Waals surface area contributed by atoms with Gasteiger partial charge >= 0.3 is 0 Å². The van der Waals surface area contributed by atoms with Crippen LogP contribution in [0.4, 0.5) is 5.69 Å². The van der Waals surface area contributed by atoms with Gasteiger partial charge in [0.05, 0.1) is 10.4 Å². The summed E-state index contributed by atoms with van der Waals surface area (Å²) in [6, 6.07) is 4.16. The zero-order valence-corrected chi connectivity index (χ0v) is 9.80. The fourth-order valence-corrected chi connectivity index (χ4v) is 1.64. The third-order valence-corrected chi connectivity index (χ3v) is 2.44. The maximum Gasteiger partial charge on any atom is 0.270 e. The molecule has 1 N–H and O–H groups in total. The van der Waals surface area contributed by atoms with Gasteiger partial charge in [-0.2, -0.15) is 0 Å². The Balaban J connectivity index is 2.77. The lowest BCUT2D eigenvalue weighted by molar-refractivity contribution is -0.384. The van der Waals surface area contributed by atoms with Crippen molar-refractivity contribution < 1.29 is 9.72 Å². The highest BCUT2D eigenvalue weighted by molar-refractivity contribution is 6.04. The van der Waals surface area contributed by atoms with Crippen LogP contribution in [0.1, 0.15) is 16.3 Å². The van der Waals surface area contributed by atoms with Crippen molar-refractivity contribution in [3.8, 4) is 0 Å². The molecule has 0 aliphatic heterocycles. The number of carbonyl (C=O) groups is 1. The van der Waals surface area contributed by atoms with Crippen LogP contribution >= 0.6 is 0 Å². The molecule has 1 aromatic heterocycles. The zero-order chi connectivity index (χ0) is 13.3. The molecule has 2 rings (SSSR count). The topological polar surface area (TPSA) is 98.0 Å². The Morgan fingerprint density at radius 2 is 2.11 bits per heavy atom. The number of nitrogens with one attached hydrogen (secondary N) is 1. The van der Waals surface area contributed by atoms with Crippen molar-refractivity contribution in [2.45, 2.75) is 6.92 Å². The number of aromatic nitrogens is 2. The monoisotopic (exact) mass is 246 g/mol. The number of carbonyl (C=O) groups excluding carboxylic acids is 1. The van der Waals surface area contributed by atoms with Crippen LogP contribution in [0, 0.1) is 17.0 Å². The number of hydrogen-bond acceptors (Lipinski definition) is 5. The van der Waals surface area contributed by atoms with Crippen LogP contribution in [0.25, 0.3) is 10.9 Å². The van der Waals surface area contributed by atoms with Gasteiger partial charge in [0.2, 0.25) is 0 Å². The molecule has 7 heteroatoms. The number of nitro benzene ring substituents is 1. The van der Waals surface area contributed by atoms with E-state index in [1.165, 1.54) is 25.2 Å². The fraction of sp³-hybridized carbons (Fsp3) is 0.182. The summed E-state index contributed by atoms with van der Waals surface area (Å²) >= 11 is 0. The number of non-ortho nitro benzene ring substituents is 1. The minimum Gasteiger partial charge on any atom is -0.354 e. The number of rotatable bonds is 2. The van der Waals surface area contributed by atoms with Crippen LogP contribution in [0.15, 0.2) is 18.2 Å². The molecule has 0 fully saturated rings. The van der Waals surface area contributed by atoms with E-state index in [9.17, 15) is 14.9 Å². The molecule has 2 aromatic rings. The van der Waals surface area contributed by atoms with Crippen molar-refractivity contribution in [3.63, 3.8) is 0 Å². The van der Waals surface area contributed by atoms with E-state index in [1.54, 1.807) is 6.92 Å². The molecule has 0 aliphatic rings. The number of nitrogens with zero attached hydrogens (tertiary/aromatic N) is 3. The molecular formula is C11H10N4O3. The molecule has 0 aliphatic carbocycles. The summed E-state index contributed by atoms with van der Waals surface area (Å²) in [5.41, 5.74) is 0.551. The first-order chi connectivity index (χ1) is 8.52. The Labute approximate surface area is 102 Å². The van der Waals surface area contributed by atoms with Gasteiger partial charge in [0.15, 0.2) is 0 Å². The zero-order valence-electron chi connectivity index (χ0n) is 9.80. The first kappa shape index (κ1) is 11.9. The highest BCUT2D eigenvalue weighted by atomic mass is 16.6. The van der Waals surface area contributed by atoms with Gasteiger partial charge in [-0.3, -0.25) is 14.9 Å². The molecule has 18 heavy (non-hydrogen) atoms. The van der Waals surface area contributed by atoms with E-state index in [4.69, 9.17) is 0 Å². The lowest BCUT2D eigenvalue weighted by atomic mass is 10.1. The van der Waals surface area contributed by atoms with Crippen molar-refractivity contribution in [2.75, 3.05) is 7.05 Å². The Kier molecular flexibility index (Phi) is 2.88. The minimum atomic E-state index is -0.521. The summed E-state index contributed by atoms with van der Waals surface area (Å²) in [5, 5.41) is 13.5. The SMILES string of the molecule is CNC(=O)c1nc(C)nc2ccc([N+](=O)[O-])cc12. The molecule has 92 valence electrons. The third kappa shape index (κ3) is 1.97. The number of benzene rings is 1. The average molecular weight is 246 g/mol. The van der Waals surface area contributed by atoms with Crippen molar-refractivity contribution in [3.05, 3.63) is 39.8 Å². The quantitative estimate of drug-likeness (QED) is 0.634. The van der Waals surface area contributed by atoms with Gasteiger partial charge in [0, 0.05) is 24.6 Å². The number of nitro groups is 1. The average Bonchev–Trinajstić information content (AvgIpc) is 2.36. The fourth-order valence-electron chi connectivity index (χ4n) is 1.64. The Bertz CT molecular complexity index is 654. The predicted octanol–water partition coefficient (Wildman–Crippen LogP) is 1.21. The summed E-state index contributed by atoms with van der Waals surface area (Å²) in [6.07, 6.45) is 0. The first-order valence-corrected chi connectivity index (χ1v) is 5.18. The van der Waals surface area contributed by atoms with E-state index in [1.807, 2.05) is 0 Å². The largest absolute Gasteiger partial charge is 0.354 e. The normalized spacial score (nSPS) is 10.3. The molecule has 0 bridgehead atoms. The van der Waals surface area contributed by atoms with Gasteiger partial charge in [-0.15, -0.1) is 0 Å². The van der Waals surface area contributed by atoms with E-state index >= 15 is 0 Å². The molecule has 0 spiro atoms. The Morgan fingerprint density at radius 1 is 1.39 bits per heavy atom. The number of aryl methyl sites for hydroxylation is 1. The second-order valence-electron chi connectivity index (χ2n) is 3.66. The molecule has 1 aromatic carbocycles. The maximum absolute atomic E-state index is 11.7. The van der Waals surface area contributed by atoms with Crippen molar-refractivity contribution in [1.82, 2.24) is 15.3 Å². The molecule has 0 saturated carbocycles. The predicted molar refractivity (Wildman–Crippen MR) is 64.3 cm³/mol. The second kappa shape index (κ2) is 4.36. The highest BCUT2D eigenvalue weighted by Gasteiger charge is 2.15. The lowest BCUT2D eigenvalue weighted by Crippen LogP contribution is -2.20. The van der Waals surface area contributed by atoms with E-state index in [0.717, 1.165) is 0 Å². The first-order valence-electron chi connectivity index (χ1n) is 5.18. The van der Waals surface area contributed by atoms with E-state index < -0.39 is 10.8 Å². The number of hydrogen-bond donors (Lipinski definition) is 1. The van der Waals surface area contributed by atoms with Gasteiger partial charge in [-0.05, 0) is 13.0 Å². The summed E-state index contributed by atoms with van der Waals surface area (Å²) < 4.78 is 0. The van der Waals surface area contributed by atoms with Crippen LogP contribution in [0.2, 0.25) is 0 Å². The molecule has 0 atom stereocenters. The van der Waals surface area contributed by atoms with Crippen LogP contribution in [0.3, 0.4) is 0 Å². The Morgan fingerprint density at radius 3 is 2.72 bits per heavy atom. The maximum atomic E-state index is 11.7. The van der Waals surface area contributed by atoms with Gasteiger partial charge in [0.1, 0.15) is 11.5 Å². The molecule has 7 nitrogen and oxygen atoms in total. The molecule has 0 saturated heterocycles. The smallest absolute Gasteiger partial charge is 0.270 e. The van der Waals surface area contributed by atoms with Crippen LogP contribution < -0.4 is 5.32 Å². The summed E-state index contributed by atoms with van der Waals surface area (Å²) in [6.45, 7) is 1.66. The van der Waals surface area contributed by atoms with Crippen molar-refractivity contribution >= 4 is 22.5 Å². The van der Waals surface area contributed by atoms with Gasteiger partial charge in [0.25, 0.3) is 11.6 Å². The molecule has 1 amide bonds. The standard InChI is InChI=1S/C11H10N4O3/c1-6-13-9-4-3-7(15(17)18)5-8(9)10(14-6)11(16)12-2/h3-5H,1-2H3,(H,12,16). The number of amides is 1. The van der Waals surface area contributed by atoms with Crippen LogP contribution in [0.5, 0.6) is 0 Å². The second-order valence-corrected chi connectivity index (χ2v) is 3.66. The van der Waals surface area contributed by atoms with E-state index in [-0.39, 0.29) is 11.4 Å². The van der Waals surface area contributed by atoms with Crippen LogP contribution in [-0.2, 0) is 0 Å². The number of fused-ring (bicyclic) bond motifs is 1. The van der Waals surface area contributed by atoms with Gasteiger partial charge < -0.3 is 5.32 Å². The minimum absolute atomic E-state index is 0.0971. The summed E-state index contributed by atoms with van der Waals surface area (Å²) in [5.74, 6) is 0.0425. The molecular weight excluding hydrogens is 236 g/mol. The molecule has 0 radical (unpaired) electrons. The van der Waals surface area contributed by atoms with Crippen molar-refractivity contribution in [1.29, 1.82) is 0 Å². The molecule has 1 heterocycles.